The molecule has 0 amide bonds. The van der Waals surface area contributed by atoms with Crippen molar-refractivity contribution in [1.29, 1.82) is 0 Å². The minimum Gasteiger partial charge on any atom is -0.508 e. The molecule has 1 N–H and O–H groups in total. The van der Waals surface area contributed by atoms with E-state index in [9.17, 15) is 5.11 Å². The van der Waals surface area contributed by atoms with Crippen LogP contribution >= 0.6 is 0 Å². The van der Waals surface area contributed by atoms with E-state index in [2.05, 4.69) is 129 Å². The Bertz CT molecular complexity index is 1360. The predicted molar refractivity (Wildman–Crippen MR) is 200 cm³/mol. The van der Waals surface area contributed by atoms with Gasteiger partial charge in [-0.15, -0.1) is 0 Å². The Hall–Kier alpha value is -2.82. The molecule has 4 heteroatoms. The van der Waals surface area contributed by atoms with Crippen molar-refractivity contribution in [2.24, 2.45) is 22.2 Å². The maximum Gasteiger partial charge on any atom is 0.197 e. The summed E-state index contributed by atoms with van der Waals surface area (Å²) in [7, 11) is 0. The third-order valence-corrected chi connectivity index (χ3v) is 10.6. The minimum absolute atomic E-state index is 0.0208. The molecule has 1 aliphatic carbocycles. The highest BCUT2D eigenvalue weighted by molar-refractivity contribution is 5.33. The maximum atomic E-state index is 9.97. The van der Waals surface area contributed by atoms with Gasteiger partial charge >= 0.3 is 0 Å². The number of benzene rings is 3. The van der Waals surface area contributed by atoms with Crippen molar-refractivity contribution in [1.82, 2.24) is 0 Å². The van der Waals surface area contributed by atoms with E-state index >= 15 is 0 Å². The average Bonchev–Trinajstić information content (AvgIpc) is 3.00. The molecule has 0 saturated heterocycles. The molecule has 1 fully saturated rings. The van der Waals surface area contributed by atoms with Gasteiger partial charge in [0.2, 0.25) is 0 Å². The first kappa shape index (κ1) is 38.0. The Morgan fingerprint density at radius 1 is 0.688 bits per heavy atom. The van der Waals surface area contributed by atoms with Crippen molar-refractivity contribution in [2.75, 3.05) is 13.2 Å². The molecule has 0 spiro atoms. The predicted octanol–water partition coefficient (Wildman–Crippen LogP) is 11.9. The normalized spacial score (nSPS) is 19.6. The SMILES string of the molecule is CC(OCCOC1CCC(c2ccccc2)CC1)Oc1ccc(C(C(C)C)C(C)(C)CC(C)(C)C(c2ccc(O)cc2)C(C)(C)C)cc1. The fraction of sp³-hybridized carbons (Fsp3) is 0.591. The quantitative estimate of drug-likeness (QED) is 0.131. The zero-order chi connectivity index (χ0) is 35.1. The molecule has 48 heavy (non-hydrogen) atoms. The molecular formula is C44H64O4. The summed E-state index contributed by atoms with van der Waals surface area (Å²) in [5.41, 5.74) is 4.22. The molecule has 0 radical (unpaired) electrons. The van der Waals surface area contributed by atoms with Gasteiger partial charge in [-0.05, 0) is 120 Å². The number of hydrogen-bond donors (Lipinski definition) is 1. The van der Waals surface area contributed by atoms with Gasteiger partial charge in [-0.25, -0.2) is 0 Å². The van der Waals surface area contributed by atoms with Gasteiger partial charge in [0.25, 0.3) is 0 Å². The second kappa shape index (κ2) is 16.3. The highest BCUT2D eigenvalue weighted by Crippen LogP contribution is 2.56. The fourth-order valence-electron chi connectivity index (χ4n) is 9.61. The van der Waals surface area contributed by atoms with Crippen LogP contribution in [0.5, 0.6) is 11.5 Å². The number of hydrogen-bond acceptors (Lipinski definition) is 4. The fourth-order valence-corrected chi connectivity index (χ4v) is 9.61. The van der Waals surface area contributed by atoms with Gasteiger partial charge in [0, 0.05) is 0 Å². The molecule has 0 aliphatic heterocycles. The number of phenols is 1. The summed E-state index contributed by atoms with van der Waals surface area (Å²) >= 11 is 0. The Balaban J connectivity index is 1.30. The lowest BCUT2D eigenvalue weighted by molar-refractivity contribution is -0.0944. The summed E-state index contributed by atoms with van der Waals surface area (Å²) in [4.78, 5) is 0. The second-order valence-electron chi connectivity index (χ2n) is 17.1. The highest BCUT2D eigenvalue weighted by atomic mass is 16.7. The Morgan fingerprint density at radius 2 is 1.27 bits per heavy atom. The van der Waals surface area contributed by atoms with E-state index < -0.39 is 0 Å². The van der Waals surface area contributed by atoms with Crippen LogP contribution in [0.1, 0.15) is 136 Å². The van der Waals surface area contributed by atoms with Crippen LogP contribution in [0.3, 0.4) is 0 Å². The van der Waals surface area contributed by atoms with Gasteiger partial charge in [0.05, 0.1) is 19.3 Å². The van der Waals surface area contributed by atoms with Crippen LogP contribution in [0.15, 0.2) is 78.9 Å². The Labute approximate surface area is 292 Å². The van der Waals surface area contributed by atoms with Gasteiger partial charge in [-0.1, -0.05) is 117 Å². The molecule has 3 aromatic rings. The molecule has 264 valence electrons. The van der Waals surface area contributed by atoms with Crippen molar-refractivity contribution >= 4 is 0 Å². The van der Waals surface area contributed by atoms with Gasteiger partial charge in [-0.2, -0.15) is 0 Å². The molecule has 0 bridgehead atoms. The van der Waals surface area contributed by atoms with E-state index in [1.807, 2.05) is 19.1 Å². The van der Waals surface area contributed by atoms with Crippen LogP contribution in [-0.2, 0) is 9.47 Å². The van der Waals surface area contributed by atoms with E-state index in [-0.39, 0.29) is 22.5 Å². The highest BCUT2D eigenvalue weighted by Gasteiger charge is 2.45. The number of phenolic OH excluding ortho intramolecular Hbond substituents is 1. The van der Waals surface area contributed by atoms with Crippen LogP contribution < -0.4 is 4.74 Å². The van der Waals surface area contributed by atoms with Crippen LogP contribution in [0, 0.1) is 22.2 Å². The first-order chi connectivity index (χ1) is 22.6. The Morgan fingerprint density at radius 3 is 1.83 bits per heavy atom. The summed E-state index contributed by atoms with van der Waals surface area (Å²) in [5.74, 6) is 2.98. The van der Waals surface area contributed by atoms with E-state index in [0.717, 1.165) is 25.0 Å². The summed E-state index contributed by atoms with van der Waals surface area (Å²) in [5, 5.41) is 9.97. The maximum absolute atomic E-state index is 9.97. The lowest BCUT2D eigenvalue weighted by atomic mass is 9.55. The van der Waals surface area contributed by atoms with E-state index in [1.165, 1.54) is 29.5 Å². The topological polar surface area (TPSA) is 47.9 Å². The first-order valence-electron chi connectivity index (χ1n) is 18.4. The van der Waals surface area contributed by atoms with Crippen molar-refractivity contribution in [2.45, 2.75) is 131 Å². The van der Waals surface area contributed by atoms with Gasteiger partial charge in [0.1, 0.15) is 11.5 Å². The summed E-state index contributed by atoms with van der Waals surface area (Å²) in [6, 6.07) is 27.4. The zero-order valence-electron chi connectivity index (χ0n) is 31.6. The first-order valence-corrected chi connectivity index (χ1v) is 18.4. The monoisotopic (exact) mass is 656 g/mol. The largest absolute Gasteiger partial charge is 0.508 e. The van der Waals surface area contributed by atoms with Crippen molar-refractivity contribution < 1.29 is 19.3 Å². The summed E-state index contributed by atoms with van der Waals surface area (Å²) < 4.78 is 18.3. The molecule has 3 aromatic carbocycles. The lowest BCUT2D eigenvalue weighted by Gasteiger charge is -2.49. The molecule has 0 heterocycles. The van der Waals surface area contributed by atoms with E-state index in [1.54, 1.807) is 0 Å². The lowest BCUT2D eigenvalue weighted by Crippen LogP contribution is -2.39. The third kappa shape index (κ3) is 10.3. The Kier molecular flexibility index (Phi) is 12.9. The van der Waals surface area contributed by atoms with Crippen LogP contribution in [-0.4, -0.2) is 30.7 Å². The minimum atomic E-state index is -0.347. The molecule has 3 atom stereocenters. The van der Waals surface area contributed by atoms with Crippen molar-refractivity contribution in [3.63, 3.8) is 0 Å². The zero-order valence-corrected chi connectivity index (χ0v) is 31.6. The van der Waals surface area contributed by atoms with Crippen LogP contribution in [0.2, 0.25) is 0 Å². The number of aromatic hydroxyl groups is 1. The van der Waals surface area contributed by atoms with Gasteiger partial charge in [-0.3, -0.25) is 0 Å². The third-order valence-electron chi connectivity index (χ3n) is 10.6. The van der Waals surface area contributed by atoms with Crippen molar-refractivity contribution in [3.8, 4) is 11.5 Å². The van der Waals surface area contributed by atoms with E-state index in [4.69, 9.17) is 14.2 Å². The molecule has 1 aliphatic rings. The van der Waals surface area contributed by atoms with E-state index in [0.29, 0.717) is 48.7 Å². The molecule has 0 aromatic heterocycles. The van der Waals surface area contributed by atoms with Gasteiger partial charge in [0.15, 0.2) is 6.29 Å². The molecule has 4 rings (SSSR count). The van der Waals surface area contributed by atoms with Crippen molar-refractivity contribution in [3.05, 3.63) is 95.6 Å². The second-order valence-corrected chi connectivity index (χ2v) is 17.1. The summed E-state index contributed by atoms with van der Waals surface area (Å²) in [6.45, 7) is 24.5. The molecular weight excluding hydrogens is 592 g/mol. The molecule has 4 nitrogen and oxygen atoms in total. The number of ether oxygens (including phenoxy) is 3. The van der Waals surface area contributed by atoms with Gasteiger partial charge < -0.3 is 19.3 Å². The molecule has 3 unspecified atom stereocenters. The average molecular weight is 657 g/mol. The smallest absolute Gasteiger partial charge is 0.197 e. The van der Waals surface area contributed by atoms with Crippen LogP contribution in [0.4, 0.5) is 0 Å². The standard InChI is InChI=1S/C44H64O4/c1-31(2)40(43(7,8)30-44(9,10)41(42(4,5)6)36-16-22-37(45)23-17-36)35-20-26-39(27-21-35)48-32(3)46-28-29-47-38-24-18-34(19-25-38)33-14-12-11-13-15-33/h11-17,20-23,26-27,31-32,34,38,40-41,45H,18-19,24-25,28-30H2,1-10H3. The molecule has 1 saturated carbocycles. The number of rotatable bonds is 15. The summed E-state index contributed by atoms with van der Waals surface area (Å²) in [6.07, 6.45) is 5.64. The van der Waals surface area contributed by atoms with Crippen LogP contribution in [0.25, 0.3) is 0 Å².